The summed E-state index contributed by atoms with van der Waals surface area (Å²) >= 11 is 1.63. The van der Waals surface area contributed by atoms with Crippen LogP contribution in [0.25, 0.3) is 0 Å². The lowest BCUT2D eigenvalue weighted by molar-refractivity contribution is -0.151. The molecule has 0 aliphatic carbocycles. The van der Waals surface area contributed by atoms with Crippen LogP contribution >= 0.6 is 11.8 Å². The van der Waals surface area contributed by atoms with Gasteiger partial charge in [-0.05, 0) is 29.3 Å². The lowest BCUT2D eigenvalue weighted by Gasteiger charge is -2.16. The van der Waals surface area contributed by atoms with Gasteiger partial charge in [0.2, 0.25) is 0 Å². The number of carbonyl (C=O) groups is 1. The van der Waals surface area contributed by atoms with Gasteiger partial charge < -0.3 is 9.84 Å². The van der Waals surface area contributed by atoms with Crippen molar-refractivity contribution in [2.24, 2.45) is 0 Å². The molecule has 0 spiro atoms. The molecule has 26 heavy (non-hydrogen) atoms. The van der Waals surface area contributed by atoms with Crippen molar-refractivity contribution in [3.05, 3.63) is 96.1 Å². The van der Waals surface area contributed by atoms with Gasteiger partial charge in [-0.25, -0.2) is 4.79 Å². The van der Waals surface area contributed by atoms with Crippen LogP contribution in [-0.2, 0) is 22.6 Å². The second-order valence-electron chi connectivity index (χ2n) is 5.85. The first-order valence-electron chi connectivity index (χ1n) is 8.41. The summed E-state index contributed by atoms with van der Waals surface area (Å²) in [5, 5.41) is 9.56. The van der Waals surface area contributed by atoms with Crippen molar-refractivity contribution >= 4 is 17.7 Å². The minimum atomic E-state index is -0.944. The molecule has 0 saturated carbocycles. The summed E-state index contributed by atoms with van der Waals surface area (Å²) in [6.07, 6.45) is -0.550. The van der Waals surface area contributed by atoms with E-state index >= 15 is 0 Å². The molecule has 3 aromatic carbocycles. The van der Waals surface area contributed by atoms with Crippen LogP contribution in [0.4, 0.5) is 0 Å². The lowest BCUT2D eigenvalue weighted by atomic mass is 10.1. The Morgan fingerprint density at radius 2 is 1.50 bits per heavy atom. The van der Waals surface area contributed by atoms with E-state index in [4.69, 9.17) is 4.74 Å². The fourth-order valence-electron chi connectivity index (χ4n) is 2.58. The maximum atomic E-state index is 11.7. The Balaban J connectivity index is 1.72. The molecular formula is C22H20O3S. The van der Waals surface area contributed by atoms with Gasteiger partial charge in [0.25, 0.3) is 0 Å². The van der Waals surface area contributed by atoms with Crippen LogP contribution in [0, 0.1) is 0 Å². The Kier molecular flexibility index (Phi) is 6.47. The Labute approximate surface area is 157 Å². The normalized spacial score (nSPS) is 11.8. The van der Waals surface area contributed by atoms with Gasteiger partial charge in [-0.15, -0.1) is 0 Å². The molecule has 0 bridgehead atoms. The average Bonchev–Trinajstić information content (AvgIpc) is 2.68. The summed E-state index contributed by atoms with van der Waals surface area (Å²) in [5.74, 6) is -0.944. The van der Waals surface area contributed by atoms with Crippen molar-refractivity contribution in [1.82, 2.24) is 0 Å². The van der Waals surface area contributed by atoms with Crippen LogP contribution in [0.3, 0.4) is 0 Å². The second kappa shape index (κ2) is 9.22. The van der Waals surface area contributed by atoms with E-state index in [1.54, 1.807) is 11.8 Å². The number of carboxylic acid groups (broad SMARTS) is 1. The standard InChI is InChI=1S/C22H20O3S/c23-22(24)20(25-16-17-9-3-1-4-10-17)15-18-11-7-8-14-21(18)26-19-12-5-2-6-13-19/h1-14,20H,15-16H2,(H,23,24)/t20-/m0/s1. The van der Waals surface area contributed by atoms with E-state index in [-0.39, 0.29) is 6.61 Å². The third-order valence-corrected chi connectivity index (χ3v) is 5.04. The molecule has 3 rings (SSSR count). The molecule has 0 heterocycles. The van der Waals surface area contributed by atoms with Gasteiger partial charge in [0.1, 0.15) is 0 Å². The molecule has 0 fully saturated rings. The third kappa shape index (κ3) is 5.22. The molecular weight excluding hydrogens is 344 g/mol. The van der Waals surface area contributed by atoms with Crippen LogP contribution in [-0.4, -0.2) is 17.2 Å². The molecule has 0 radical (unpaired) electrons. The summed E-state index contributed by atoms with van der Waals surface area (Å²) in [6.45, 7) is 0.284. The SMILES string of the molecule is O=C(O)[C@H](Cc1ccccc1Sc1ccccc1)OCc1ccccc1. The van der Waals surface area contributed by atoms with E-state index in [1.165, 1.54) is 0 Å². The Bertz CT molecular complexity index is 834. The summed E-state index contributed by atoms with van der Waals surface area (Å²) in [7, 11) is 0. The quantitative estimate of drug-likeness (QED) is 0.607. The van der Waals surface area contributed by atoms with Crippen molar-refractivity contribution in [2.75, 3.05) is 0 Å². The zero-order valence-electron chi connectivity index (χ0n) is 14.2. The maximum Gasteiger partial charge on any atom is 0.333 e. The topological polar surface area (TPSA) is 46.5 Å². The van der Waals surface area contributed by atoms with E-state index in [9.17, 15) is 9.90 Å². The summed E-state index contributed by atoms with van der Waals surface area (Å²) in [5.41, 5.74) is 1.94. The van der Waals surface area contributed by atoms with Gasteiger partial charge in [-0.1, -0.05) is 78.5 Å². The van der Waals surface area contributed by atoms with Crippen molar-refractivity contribution in [2.45, 2.75) is 28.9 Å². The van der Waals surface area contributed by atoms with Crippen LogP contribution in [0.15, 0.2) is 94.7 Å². The molecule has 0 amide bonds. The fraction of sp³-hybridized carbons (Fsp3) is 0.136. The van der Waals surface area contributed by atoms with Crippen molar-refractivity contribution in [3.8, 4) is 0 Å². The number of benzene rings is 3. The van der Waals surface area contributed by atoms with Gasteiger partial charge in [0, 0.05) is 16.2 Å². The fourth-order valence-corrected chi connectivity index (χ4v) is 3.55. The van der Waals surface area contributed by atoms with E-state index in [0.29, 0.717) is 6.42 Å². The smallest absolute Gasteiger partial charge is 0.333 e. The lowest BCUT2D eigenvalue weighted by Crippen LogP contribution is -2.26. The highest BCUT2D eigenvalue weighted by atomic mass is 32.2. The summed E-state index contributed by atoms with van der Waals surface area (Å²) in [6, 6.07) is 27.6. The van der Waals surface area contributed by atoms with Gasteiger partial charge in [0.15, 0.2) is 6.10 Å². The Hall–Kier alpha value is -2.56. The number of hydrogen-bond acceptors (Lipinski definition) is 3. The largest absolute Gasteiger partial charge is 0.479 e. The average molecular weight is 364 g/mol. The van der Waals surface area contributed by atoms with E-state index in [2.05, 4.69) is 0 Å². The summed E-state index contributed by atoms with van der Waals surface area (Å²) in [4.78, 5) is 13.8. The van der Waals surface area contributed by atoms with E-state index in [0.717, 1.165) is 20.9 Å². The second-order valence-corrected chi connectivity index (χ2v) is 6.97. The van der Waals surface area contributed by atoms with Crippen molar-refractivity contribution in [3.63, 3.8) is 0 Å². The van der Waals surface area contributed by atoms with Crippen LogP contribution in [0.1, 0.15) is 11.1 Å². The third-order valence-electron chi connectivity index (χ3n) is 3.92. The first kappa shape index (κ1) is 18.2. The molecule has 0 aliphatic heterocycles. The van der Waals surface area contributed by atoms with Gasteiger partial charge in [-0.3, -0.25) is 0 Å². The highest BCUT2D eigenvalue weighted by molar-refractivity contribution is 7.99. The zero-order valence-corrected chi connectivity index (χ0v) is 15.1. The highest BCUT2D eigenvalue weighted by Crippen LogP contribution is 2.31. The van der Waals surface area contributed by atoms with E-state index < -0.39 is 12.1 Å². The Morgan fingerprint density at radius 1 is 0.885 bits per heavy atom. The first-order chi connectivity index (χ1) is 12.7. The molecule has 0 unspecified atom stereocenters. The van der Waals surface area contributed by atoms with Crippen LogP contribution in [0.2, 0.25) is 0 Å². The Morgan fingerprint density at radius 3 is 2.19 bits per heavy atom. The predicted octanol–water partition coefficient (Wildman–Crippen LogP) is 5.05. The minimum Gasteiger partial charge on any atom is -0.479 e. The molecule has 132 valence electrons. The highest BCUT2D eigenvalue weighted by Gasteiger charge is 2.20. The molecule has 0 saturated heterocycles. The molecule has 0 aromatic heterocycles. The summed E-state index contributed by atoms with van der Waals surface area (Å²) < 4.78 is 5.69. The van der Waals surface area contributed by atoms with Gasteiger partial charge in [0.05, 0.1) is 6.61 Å². The number of carboxylic acids is 1. The van der Waals surface area contributed by atoms with Gasteiger partial charge in [-0.2, -0.15) is 0 Å². The zero-order chi connectivity index (χ0) is 18.2. The minimum absolute atomic E-state index is 0.284. The van der Waals surface area contributed by atoms with Crippen molar-refractivity contribution in [1.29, 1.82) is 0 Å². The van der Waals surface area contributed by atoms with Crippen molar-refractivity contribution < 1.29 is 14.6 Å². The monoisotopic (exact) mass is 364 g/mol. The van der Waals surface area contributed by atoms with Gasteiger partial charge >= 0.3 is 5.97 Å². The number of aliphatic carboxylic acids is 1. The number of hydrogen-bond donors (Lipinski definition) is 1. The molecule has 1 atom stereocenters. The molecule has 3 nitrogen and oxygen atoms in total. The molecule has 0 aliphatic rings. The number of rotatable bonds is 8. The predicted molar refractivity (Wildman–Crippen MR) is 103 cm³/mol. The van der Waals surface area contributed by atoms with Crippen LogP contribution < -0.4 is 0 Å². The van der Waals surface area contributed by atoms with Crippen LogP contribution in [0.5, 0.6) is 0 Å². The molecule has 3 aromatic rings. The molecule has 4 heteroatoms. The van der Waals surface area contributed by atoms with E-state index in [1.807, 2.05) is 84.9 Å². The molecule has 1 N–H and O–H groups in total. The first-order valence-corrected chi connectivity index (χ1v) is 9.23. The number of ether oxygens (including phenoxy) is 1. The maximum absolute atomic E-state index is 11.7.